The molecule has 0 aliphatic rings. The monoisotopic (exact) mass is 274 g/mol. The number of hydrogen-bond acceptors (Lipinski definition) is 2. The first-order chi connectivity index (χ1) is 9.63. The van der Waals surface area contributed by atoms with Crippen molar-refractivity contribution in [1.29, 1.82) is 0 Å². The first kappa shape index (κ1) is 15.6. The molecule has 0 bridgehead atoms. The normalized spacial score (nSPS) is 10.8. The second-order valence-electron chi connectivity index (χ2n) is 4.16. The van der Waals surface area contributed by atoms with Gasteiger partial charge in [-0.05, 0) is 12.5 Å². The fraction of sp³-hybridized carbons (Fsp3) is 0.333. The van der Waals surface area contributed by atoms with Crippen LogP contribution in [0, 0.1) is 11.8 Å². The maximum absolute atomic E-state index is 11.6. The van der Waals surface area contributed by atoms with Crippen LogP contribution in [-0.2, 0) is 11.2 Å². The van der Waals surface area contributed by atoms with E-state index in [9.17, 15) is 9.59 Å². The highest BCUT2D eigenvalue weighted by Gasteiger charge is 2.19. The molecule has 3 N–H and O–H groups in total. The second-order valence-corrected chi connectivity index (χ2v) is 4.16. The molecule has 5 nitrogen and oxygen atoms in total. The third kappa shape index (κ3) is 5.91. The highest BCUT2D eigenvalue weighted by Crippen LogP contribution is 2.03. The Hall–Kier alpha value is -2.48. The zero-order chi connectivity index (χ0) is 14.8. The number of nitrogens with one attached hydrogen (secondary N) is 2. The Balaban J connectivity index is 2.48. The van der Waals surface area contributed by atoms with Gasteiger partial charge in [0.2, 0.25) is 0 Å². The molecular formula is C15H18N2O3. The Bertz CT molecular complexity index is 503. The quantitative estimate of drug-likeness (QED) is 0.542. The molecule has 0 radical (unpaired) electrons. The van der Waals surface area contributed by atoms with Crippen molar-refractivity contribution in [2.45, 2.75) is 25.8 Å². The zero-order valence-corrected chi connectivity index (χ0v) is 11.3. The molecule has 1 rings (SSSR count). The minimum Gasteiger partial charge on any atom is -0.480 e. The standard InChI is InChI=1S/C15H18N2O3/c1-2-3-7-10-16-15(20)17-13(14(18)19)11-12-8-5-4-6-9-12/h4-6,8-9,13H,7,10-11H2,1H3,(H,18,19)(H2,16,17,20)/t13-/m0/s1. The lowest BCUT2D eigenvalue weighted by Crippen LogP contribution is -2.47. The number of urea groups is 1. The van der Waals surface area contributed by atoms with Gasteiger partial charge in [-0.3, -0.25) is 0 Å². The highest BCUT2D eigenvalue weighted by atomic mass is 16.4. The van der Waals surface area contributed by atoms with Crippen LogP contribution in [0.4, 0.5) is 4.79 Å². The lowest BCUT2D eigenvalue weighted by Gasteiger charge is -2.15. The summed E-state index contributed by atoms with van der Waals surface area (Å²) in [6, 6.07) is 7.73. The van der Waals surface area contributed by atoms with Crippen LogP contribution >= 0.6 is 0 Å². The highest BCUT2D eigenvalue weighted by molar-refractivity contribution is 5.82. The number of aliphatic carboxylic acids is 1. The summed E-state index contributed by atoms with van der Waals surface area (Å²) in [4.78, 5) is 22.7. The maximum atomic E-state index is 11.6. The van der Waals surface area contributed by atoms with Crippen molar-refractivity contribution in [3.63, 3.8) is 0 Å². The summed E-state index contributed by atoms with van der Waals surface area (Å²) in [5.41, 5.74) is 0.858. The predicted molar refractivity (Wildman–Crippen MR) is 76.2 cm³/mol. The number of benzene rings is 1. The van der Waals surface area contributed by atoms with Gasteiger partial charge in [0.05, 0.1) is 0 Å². The van der Waals surface area contributed by atoms with E-state index in [2.05, 4.69) is 22.5 Å². The third-order valence-corrected chi connectivity index (χ3v) is 2.60. The molecule has 0 unspecified atom stereocenters. The summed E-state index contributed by atoms with van der Waals surface area (Å²) in [5, 5.41) is 14.1. The molecular weight excluding hydrogens is 256 g/mol. The topological polar surface area (TPSA) is 78.4 Å². The Labute approximate surface area is 118 Å². The van der Waals surface area contributed by atoms with E-state index < -0.39 is 18.0 Å². The van der Waals surface area contributed by atoms with Gasteiger partial charge < -0.3 is 15.7 Å². The summed E-state index contributed by atoms with van der Waals surface area (Å²) in [6.45, 7) is 2.12. The molecule has 5 heteroatoms. The number of rotatable bonds is 6. The van der Waals surface area contributed by atoms with Crippen molar-refractivity contribution in [2.24, 2.45) is 0 Å². The van der Waals surface area contributed by atoms with Gasteiger partial charge in [0, 0.05) is 19.4 Å². The van der Waals surface area contributed by atoms with Gasteiger partial charge in [-0.25, -0.2) is 9.59 Å². The molecule has 2 amide bonds. The zero-order valence-electron chi connectivity index (χ0n) is 11.3. The van der Waals surface area contributed by atoms with Crippen LogP contribution in [0.2, 0.25) is 0 Å². The first-order valence-electron chi connectivity index (χ1n) is 6.34. The number of carboxylic acids is 1. The lowest BCUT2D eigenvalue weighted by atomic mass is 10.1. The molecule has 20 heavy (non-hydrogen) atoms. The molecule has 0 saturated heterocycles. The van der Waals surface area contributed by atoms with Gasteiger partial charge in [0.15, 0.2) is 0 Å². The number of carbonyl (C=O) groups excluding carboxylic acids is 1. The van der Waals surface area contributed by atoms with Gasteiger partial charge in [0.1, 0.15) is 6.04 Å². The van der Waals surface area contributed by atoms with Crippen LogP contribution in [0.3, 0.4) is 0 Å². The van der Waals surface area contributed by atoms with Crippen LogP contribution in [0.15, 0.2) is 30.3 Å². The molecule has 1 atom stereocenters. The Kier molecular flexibility index (Phi) is 6.69. The SMILES string of the molecule is CC#CCCNC(=O)N[C@@H](Cc1ccccc1)C(=O)O. The molecule has 1 aromatic carbocycles. The van der Waals surface area contributed by atoms with E-state index in [-0.39, 0.29) is 6.42 Å². The average Bonchev–Trinajstić information content (AvgIpc) is 2.44. The van der Waals surface area contributed by atoms with E-state index in [1.54, 1.807) is 6.92 Å². The van der Waals surface area contributed by atoms with Gasteiger partial charge >= 0.3 is 12.0 Å². The molecule has 106 valence electrons. The predicted octanol–water partition coefficient (Wildman–Crippen LogP) is 1.39. The van der Waals surface area contributed by atoms with Gasteiger partial charge in [-0.1, -0.05) is 30.3 Å². The van der Waals surface area contributed by atoms with Crippen molar-refractivity contribution in [2.75, 3.05) is 6.54 Å². The molecule has 0 fully saturated rings. The van der Waals surface area contributed by atoms with Crippen LogP contribution in [0.1, 0.15) is 18.9 Å². The lowest BCUT2D eigenvalue weighted by molar-refractivity contribution is -0.139. The van der Waals surface area contributed by atoms with E-state index >= 15 is 0 Å². The third-order valence-electron chi connectivity index (χ3n) is 2.60. The van der Waals surface area contributed by atoms with Crippen LogP contribution in [0.5, 0.6) is 0 Å². The minimum absolute atomic E-state index is 0.248. The summed E-state index contributed by atoms with van der Waals surface area (Å²) < 4.78 is 0. The van der Waals surface area contributed by atoms with E-state index in [0.29, 0.717) is 13.0 Å². The fourth-order valence-electron chi connectivity index (χ4n) is 1.62. The first-order valence-corrected chi connectivity index (χ1v) is 6.34. The second kappa shape index (κ2) is 8.59. The minimum atomic E-state index is -1.06. The Morgan fingerprint density at radius 3 is 2.60 bits per heavy atom. The number of carbonyl (C=O) groups is 2. The van der Waals surface area contributed by atoms with E-state index in [4.69, 9.17) is 5.11 Å². The molecule has 0 heterocycles. The van der Waals surface area contributed by atoms with Gasteiger partial charge in [-0.15, -0.1) is 11.8 Å². The van der Waals surface area contributed by atoms with Crippen molar-refractivity contribution in [3.05, 3.63) is 35.9 Å². The van der Waals surface area contributed by atoms with Crippen molar-refractivity contribution in [3.8, 4) is 11.8 Å². The van der Waals surface area contributed by atoms with Crippen molar-refractivity contribution < 1.29 is 14.7 Å². The Morgan fingerprint density at radius 1 is 1.30 bits per heavy atom. The van der Waals surface area contributed by atoms with Crippen LogP contribution in [-0.4, -0.2) is 29.7 Å². The summed E-state index contributed by atoms with van der Waals surface area (Å²) >= 11 is 0. The number of amides is 2. The van der Waals surface area contributed by atoms with Crippen LogP contribution < -0.4 is 10.6 Å². The molecule has 0 spiro atoms. The molecule has 0 aliphatic heterocycles. The summed E-state index contributed by atoms with van der Waals surface area (Å²) in [7, 11) is 0. The summed E-state index contributed by atoms with van der Waals surface area (Å²) in [6.07, 6.45) is 0.790. The number of hydrogen-bond donors (Lipinski definition) is 3. The molecule has 0 aromatic heterocycles. The molecule has 0 aliphatic carbocycles. The van der Waals surface area contributed by atoms with E-state index in [1.807, 2.05) is 30.3 Å². The van der Waals surface area contributed by atoms with E-state index in [0.717, 1.165) is 5.56 Å². The largest absolute Gasteiger partial charge is 0.480 e. The molecule has 1 aromatic rings. The van der Waals surface area contributed by atoms with Crippen molar-refractivity contribution in [1.82, 2.24) is 10.6 Å². The number of carboxylic acid groups (broad SMARTS) is 1. The van der Waals surface area contributed by atoms with Crippen LogP contribution in [0.25, 0.3) is 0 Å². The molecule has 0 saturated carbocycles. The van der Waals surface area contributed by atoms with Gasteiger partial charge in [-0.2, -0.15) is 0 Å². The summed E-state index contributed by atoms with van der Waals surface area (Å²) in [5.74, 6) is 4.47. The van der Waals surface area contributed by atoms with Gasteiger partial charge in [0.25, 0.3) is 0 Å². The average molecular weight is 274 g/mol. The fourth-order valence-corrected chi connectivity index (χ4v) is 1.62. The maximum Gasteiger partial charge on any atom is 0.326 e. The Morgan fingerprint density at radius 2 is 2.00 bits per heavy atom. The van der Waals surface area contributed by atoms with E-state index in [1.165, 1.54) is 0 Å². The van der Waals surface area contributed by atoms with Crippen molar-refractivity contribution >= 4 is 12.0 Å². The smallest absolute Gasteiger partial charge is 0.326 e.